The Kier molecular flexibility index (Phi) is 3.22. The summed E-state index contributed by atoms with van der Waals surface area (Å²) < 4.78 is 0. The van der Waals surface area contributed by atoms with Crippen LogP contribution in [0.4, 0.5) is 0 Å². The summed E-state index contributed by atoms with van der Waals surface area (Å²) in [5.41, 5.74) is 0. The van der Waals surface area contributed by atoms with Crippen LogP contribution < -0.4 is 0 Å². The summed E-state index contributed by atoms with van der Waals surface area (Å²) in [5, 5.41) is -0.919. The first kappa shape index (κ1) is 10.4. The molecular formula is C9H9ClO2S. The topological polar surface area (TPSA) is 34.1 Å². The molecule has 0 atom stereocenters. The average Bonchev–Trinajstić information content (AvgIpc) is 2.50. The van der Waals surface area contributed by atoms with E-state index in [4.69, 9.17) is 11.6 Å². The van der Waals surface area contributed by atoms with Crippen LogP contribution >= 0.6 is 22.9 Å². The molecule has 0 bridgehead atoms. The van der Waals surface area contributed by atoms with Crippen molar-refractivity contribution >= 4 is 34.0 Å². The van der Waals surface area contributed by atoms with Crippen molar-refractivity contribution in [2.24, 2.45) is 0 Å². The van der Waals surface area contributed by atoms with Crippen molar-refractivity contribution in [1.82, 2.24) is 0 Å². The van der Waals surface area contributed by atoms with E-state index in [1.807, 2.05) is 19.9 Å². The van der Waals surface area contributed by atoms with Crippen LogP contribution in [0.25, 0.3) is 0 Å². The molecule has 0 aromatic carbocycles. The molecule has 0 aliphatic rings. The molecule has 1 aromatic rings. The highest BCUT2D eigenvalue weighted by atomic mass is 35.5. The highest BCUT2D eigenvalue weighted by Gasteiger charge is 2.16. The molecule has 0 aliphatic carbocycles. The van der Waals surface area contributed by atoms with Crippen molar-refractivity contribution in [3.63, 3.8) is 0 Å². The van der Waals surface area contributed by atoms with Crippen molar-refractivity contribution in [2.75, 3.05) is 0 Å². The molecule has 0 saturated heterocycles. The van der Waals surface area contributed by atoms with Gasteiger partial charge in [-0.25, -0.2) is 0 Å². The van der Waals surface area contributed by atoms with Gasteiger partial charge in [-0.2, -0.15) is 0 Å². The summed E-state index contributed by atoms with van der Waals surface area (Å²) in [6, 6.07) is 3.49. The smallest absolute Gasteiger partial charge is 0.283 e. The molecule has 0 unspecified atom stereocenters. The number of Topliss-reactive ketones (excluding diaryl/α,β-unsaturated/α-hetero) is 1. The third kappa shape index (κ3) is 2.39. The van der Waals surface area contributed by atoms with Gasteiger partial charge >= 0.3 is 0 Å². The Balaban J connectivity index is 2.92. The first-order valence-corrected chi connectivity index (χ1v) is 5.05. The van der Waals surface area contributed by atoms with E-state index in [-0.39, 0.29) is 0 Å². The van der Waals surface area contributed by atoms with Crippen LogP contribution in [0.3, 0.4) is 0 Å². The van der Waals surface area contributed by atoms with E-state index in [0.717, 1.165) is 4.88 Å². The lowest BCUT2D eigenvalue weighted by molar-refractivity contribution is -0.108. The number of carbonyl (C=O) groups excluding carboxylic acids is 2. The van der Waals surface area contributed by atoms with Gasteiger partial charge in [-0.15, -0.1) is 11.3 Å². The molecule has 0 fully saturated rings. The normalized spacial score (nSPS) is 10.5. The Bertz CT molecular complexity index is 341. The Labute approximate surface area is 85.5 Å². The summed E-state index contributed by atoms with van der Waals surface area (Å²) in [4.78, 5) is 23.2. The Hall–Kier alpha value is -0.670. The minimum absolute atomic E-state index is 0.372. The van der Waals surface area contributed by atoms with Crippen molar-refractivity contribution < 1.29 is 9.59 Å². The number of halogens is 1. The Morgan fingerprint density at radius 3 is 2.38 bits per heavy atom. The SMILES string of the molecule is CC(C)c1ccc(C(=O)C(=O)Cl)s1. The minimum atomic E-state index is -0.919. The molecule has 0 saturated carbocycles. The van der Waals surface area contributed by atoms with Gasteiger partial charge in [0, 0.05) is 4.88 Å². The van der Waals surface area contributed by atoms with Crippen molar-refractivity contribution in [3.8, 4) is 0 Å². The van der Waals surface area contributed by atoms with Gasteiger partial charge in [0.1, 0.15) is 0 Å². The number of thiophene rings is 1. The second kappa shape index (κ2) is 4.03. The summed E-state index contributed by atoms with van der Waals surface area (Å²) in [6.45, 7) is 4.06. The molecule has 1 rings (SSSR count). The zero-order valence-electron chi connectivity index (χ0n) is 7.33. The highest BCUT2D eigenvalue weighted by molar-refractivity contribution is 7.15. The number of ketones is 1. The number of hydrogen-bond acceptors (Lipinski definition) is 3. The van der Waals surface area contributed by atoms with Gasteiger partial charge in [-0.3, -0.25) is 9.59 Å². The summed E-state index contributed by atoms with van der Waals surface area (Å²) in [7, 11) is 0. The van der Waals surface area contributed by atoms with E-state index >= 15 is 0 Å². The van der Waals surface area contributed by atoms with Crippen molar-refractivity contribution in [1.29, 1.82) is 0 Å². The molecule has 0 aliphatic heterocycles. The van der Waals surface area contributed by atoms with Crippen molar-refractivity contribution in [3.05, 3.63) is 21.9 Å². The molecule has 0 spiro atoms. The van der Waals surface area contributed by atoms with Crippen LogP contribution in [0.2, 0.25) is 0 Å². The molecule has 2 nitrogen and oxygen atoms in total. The molecule has 13 heavy (non-hydrogen) atoms. The monoisotopic (exact) mass is 216 g/mol. The van der Waals surface area contributed by atoms with Gasteiger partial charge < -0.3 is 0 Å². The largest absolute Gasteiger partial charge is 0.294 e. The molecule has 70 valence electrons. The first-order valence-electron chi connectivity index (χ1n) is 3.86. The lowest BCUT2D eigenvalue weighted by Gasteiger charge is -1.96. The third-order valence-corrected chi connectivity index (χ3v) is 3.15. The summed E-state index contributed by atoms with van der Waals surface area (Å²) >= 11 is 6.39. The Morgan fingerprint density at radius 1 is 1.38 bits per heavy atom. The lowest BCUT2D eigenvalue weighted by Crippen LogP contribution is -2.04. The molecule has 4 heteroatoms. The third-order valence-electron chi connectivity index (χ3n) is 1.60. The van der Waals surface area contributed by atoms with Gasteiger partial charge in [0.2, 0.25) is 0 Å². The second-order valence-electron chi connectivity index (χ2n) is 2.96. The maximum atomic E-state index is 11.1. The van der Waals surface area contributed by atoms with Crippen LogP contribution in [-0.4, -0.2) is 11.0 Å². The highest BCUT2D eigenvalue weighted by Crippen LogP contribution is 2.24. The molecular weight excluding hydrogens is 208 g/mol. The average molecular weight is 217 g/mol. The molecule has 1 heterocycles. The van der Waals surface area contributed by atoms with Crippen LogP contribution in [0.1, 0.15) is 34.3 Å². The molecule has 0 amide bonds. The maximum absolute atomic E-state index is 11.1. The van der Waals surface area contributed by atoms with E-state index < -0.39 is 11.0 Å². The fourth-order valence-corrected chi connectivity index (χ4v) is 1.99. The minimum Gasteiger partial charge on any atom is -0.283 e. The summed E-state index contributed by atoms with van der Waals surface area (Å²) in [5.74, 6) is -0.240. The van der Waals surface area contributed by atoms with E-state index in [0.29, 0.717) is 10.8 Å². The van der Waals surface area contributed by atoms with Crippen molar-refractivity contribution in [2.45, 2.75) is 19.8 Å². The van der Waals surface area contributed by atoms with Crippen LogP contribution in [0, 0.1) is 0 Å². The summed E-state index contributed by atoms with van der Waals surface area (Å²) in [6.07, 6.45) is 0. The zero-order valence-corrected chi connectivity index (χ0v) is 8.91. The maximum Gasteiger partial charge on any atom is 0.294 e. The quantitative estimate of drug-likeness (QED) is 0.442. The van der Waals surface area contributed by atoms with Crippen LogP contribution in [-0.2, 0) is 4.79 Å². The molecule has 1 aromatic heterocycles. The predicted octanol–water partition coefficient (Wildman–Crippen LogP) is 2.82. The van der Waals surface area contributed by atoms with E-state index in [1.54, 1.807) is 6.07 Å². The molecule has 0 N–H and O–H groups in total. The fourth-order valence-electron chi connectivity index (χ4n) is 0.882. The second-order valence-corrected chi connectivity index (χ2v) is 4.42. The standard InChI is InChI=1S/C9H9ClO2S/c1-5(2)6-3-4-7(13-6)8(11)9(10)12/h3-5H,1-2H3. The van der Waals surface area contributed by atoms with Gasteiger partial charge in [0.05, 0.1) is 4.88 Å². The van der Waals surface area contributed by atoms with E-state index in [1.165, 1.54) is 11.3 Å². The van der Waals surface area contributed by atoms with E-state index in [9.17, 15) is 9.59 Å². The van der Waals surface area contributed by atoms with E-state index in [2.05, 4.69) is 0 Å². The first-order chi connectivity index (χ1) is 6.02. The molecule has 0 radical (unpaired) electrons. The number of carbonyl (C=O) groups is 2. The van der Waals surface area contributed by atoms with Crippen LogP contribution in [0.5, 0.6) is 0 Å². The fraction of sp³-hybridized carbons (Fsp3) is 0.333. The van der Waals surface area contributed by atoms with Gasteiger partial charge in [-0.05, 0) is 29.7 Å². The number of rotatable bonds is 3. The van der Waals surface area contributed by atoms with Crippen LogP contribution in [0.15, 0.2) is 12.1 Å². The van der Waals surface area contributed by atoms with Gasteiger partial charge in [0.15, 0.2) is 0 Å². The van der Waals surface area contributed by atoms with Gasteiger partial charge in [0.25, 0.3) is 11.0 Å². The number of hydrogen-bond donors (Lipinski definition) is 0. The Morgan fingerprint density at radius 2 is 2.00 bits per heavy atom. The zero-order chi connectivity index (χ0) is 10.0. The van der Waals surface area contributed by atoms with Gasteiger partial charge in [-0.1, -0.05) is 13.8 Å². The predicted molar refractivity (Wildman–Crippen MR) is 53.6 cm³/mol. The lowest BCUT2D eigenvalue weighted by atomic mass is 10.2.